The van der Waals surface area contributed by atoms with E-state index in [0.29, 0.717) is 18.8 Å². The number of unbranched alkanes of at least 4 members (excludes halogenated alkanes) is 3. The third-order valence-corrected chi connectivity index (χ3v) is 5.99. The Morgan fingerprint density at radius 1 is 1.19 bits per heavy atom. The molecular formula is C23H29N5O2S. The van der Waals surface area contributed by atoms with E-state index in [4.69, 9.17) is 9.84 Å². The van der Waals surface area contributed by atoms with Crippen molar-refractivity contribution in [3.05, 3.63) is 53.0 Å². The summed E-state index contributed by atoms with van der Waals surface area (Å²) in [6, 6.07) is 7.99. The van der Waals surface area contributed by atoms with Gasteiger partial charge in [-0.3, -0.25) is 14.6 Å². The van der Waals surface area contributed by atoms with Crippen LogP contribution in [0.2, 0.25) is 0 Å². The number of fused-ring (bicyclic) bond motifs is 3. The number of nitrogens with zero attached hydrogens (tertiary/aromatic N) is 3. The highest BCUT2D eigenvalue weighted by Crippen LogP contribution is 2.33. The third kappa shape index (κ3) is 4.95. The number of carbonyl (C=O) groups excluding carboxylic acids is 1. The average molecular weight is 440 g/mol. The van der Waals surface area contributed by atoms with Crippen LogP contribution in [-0.4, -0.2) is 45.3 Å². The second-order valence-corrected chi connectivity index (χ2v) is 8.30. The minimum atomic E-state index is -0.0722. The summed E-state index contributed by atoms with van der Waals surface area (Å²) in [4.78, 5) is 12.7. The van der Waals surface area contributed by atoms with Gasteiger partial charge in [0, 0.05) is 23.9 Å². The summed E-state index contributed by atoms with van der Waals surface area (Å²) in [6.45, 7) is 1.36. The average Bonchev–Trinajstić information content (AvgIpc) is 3.40. The molecule has 0 unspecified atom stereocenters. The molecule has 0 spiro atoms. The van der Waals surface area contributed by atoms with Crippen LogP contribution in [0.15, 0.2) is 30.5 Å². The summed E-state index contributed by atoms with van der Waals surface area (Å²) < 4.78 is 7.17. The first-order valence-electron chi connectivity index (χ1n) is 10.9. The summed E-state index contributed by atoms with van der Waals surface area (Å²) in [5, 5.41) is 15.2. The maximum Gasteiger partial charge on any atom is 0.269 e. The largest absolute Gasteiger partial charge is 0.497 e. The van der Waals surface area contributed by atoms with Gasteiger partial charge in [-0.2, -0.15) is 22.8 Å². The van der Waals surface area contributed by atoms with E-state index in [9.17, 15) is 4.79 Å². The van der Waals surface area contributed by atoms with Crippen molar-refractivity contribution in [2.24, 2.45) is 0 Å². The van der Waals surface area contributed by atoms with Gasteiger partial charge in [-0.15, -0.1) is 0 Å². The predicted octanol–water partition coefficient (Wildman–Crippen LogP) is 3.65. The number of H-pyrrole nitrogens is 1. The molecule has 4 rings (SSSR count). The molecule has 1 aliphatic carbocycles. The molecule has 7 nitrogen and oxygen atoms in total. The van der Waals surface area contributed by atoms with Crippen LogP contribution in [0.4, 0.5) is 0 Å². The lowest BCUT2D eigenvalue weighted by molar-refractivity contribution is 0.0947. The molecule has 164 valence electrons. The van der Waals surface area contributed by atoms with Crippen LogP contribution >= 0.6 is 12.6 Å². The number of aromatic nitrogens is 4. The Morgan fingerprint density at radius 3 is 2.77 bits per heavy atom. The molecule has 2 aromatic heterocycles. The molecule has 31 heavy (non-hydrogen) atoms. The Labute approximate surface area is 188 Å². The minimum Gasteiger partial charge on any atom is -0.497 e. The highest BCUT2D eigenvalue weighted by molar-refractivity contribution is 7.80. The number of thiol groups is 1. The molecule has 0 radical (unpaired) electrons. The molecule has 1 aromatic carbocycles. The monoisotopic (exact) mass is 439 g/mol. The number of nitrogens with one attached hydrogen (secondary N) is 2. The number of methoxy groups -OCH3 is 1. The highest BCUT2D eigenvalue weighted by Gasteiger charge is 2.27. The lowest BCUT2D eigenvalue weighted by Crippen LogP contribution is -2.26. The third-order valence-electron chi connectivity index (χ3n) is 5.67. The van der Waals surface area contributed by atoms with Gasteiger partial charge in [-0.25, -0.2) is 0 Å². The maximum absolute atomic E-state index is 12.7. The Morgan fingerprint density at radius 2 is 2.00 bits per heavy atom. The molecule has 0 saturated heterocycles. The molecule has 1 amide bonds. The second-order valence-electron chi connectivity index (χ2n) is 7.85. The quantitative estimate of drug-likeness (QED) is 0.333. The molecule has 1 aliphatic rings. The smallest absolute Gasteiger partial charge is 0.269 e. The van der Waals surface area contributed by atoms with Crippen molar-refractivity contribution in [3.63, 3.8) is 0 Å². The normalized spacial score (nSPS) is 12.3. The van der Waals surface area contributed by atoms with Crippen molar-refractivity contribution < 1.29 is 9.53 Å². The number of hydrogen-bond acceptors (Lipinski definition) is 5. The van der Waals surface area contributed by atoms with Gasteiger partial charge in [0.1, 0.15) is 11.4 Å². The van der Waals surface area contributed by atoms with Crippen LogP contribution in [0.3, 0.4) is 0 Å². The zero-order valence-electron chi connectivity index (χ0n) is 17.9. The molecule has 0 fully saturated rings. The summed E-state index contributed by atoms with van der Waals surface area (Å²) in [6.07, 6.45) is 7.98. The van der Waals surface area contributed by atoms with Crippen molar-refractivity contribution in [1.29, 1.82) is 0 Å². The fourth-order valence-electron chi connectivity index (χ4n) is 3.99. The number of carbonyl (C=O) groups is 1. The lowest BCUT2D eigenvalue weighted by Gasteiger charge is -2.11. The molecule has 0 bridgehead atoms. The topological polar surface area (TPSA) is 84.8 Å². The van der Waals surface area contributed by atoms with Gasteiger partial charge in [0.25, 0.3) is 5.91 Å². The van der Waals surface area contributed by atoms with E-state index >= 15 is 0 Å². The van der Waals surface area contributed by atoms with E-state index in [2.05, 4.69) is 28.1 Å². The van der Waals surface area contributed by atoms with Crippen molar-refractivity contribution in [3.8, 4) is 17.0 Å². The SMILES string of the molecule is COc1ccc(Cn2cc3c(n2)CCc2c-3n[nH]c2C(=O)NCCCCCCS)cc1. The van der Waals surface area contributed by atoms with Crippen LogP contribution in [0.25, 0.3) is 11.3 Å². The van der Waals surface area contributed by atoms with Crippen LogP contribution in [0.1, 0.15) is 53.0 Å². The van der Waals surface area contributed by atoms with Crippen molar-refractivity contribution in [2.75, 3.05) is 19.4 Å². The number of amides is 1. The van der Waals surface area contributed by atoms with E-state index in [0.717, 1.165) is 78.1 Å². The Kier molecular flexibility index (Phi) is 6.96. The molecule has 0 atom stereocenters. The van der Waals surface area contributed by atoms with E-state index < -0.39 is 0 Å². The zero-order valence-corrected chi connectivity index (χ0v) is 18.8. The fraction of sp³-hybridized carbons (Fsp3) is 0.435. The summed E-state index contributed by atoms with van der Waals surface area (Å²) >= 11 is 4.23. The molecule has 0 aliphatic heterocycles. The van der Waals surface area contributed by atoms with Crippen molar-refractivity contribution in [2.45, 2.75) is 45.1 Å². The molecular weight excluding hydrogens is 410 g/mol. The lowest BCUT2D eigenvalue weighted by atomic mass is 9.94. The Hall–Kier alpha value is -2.74. The highest BCUT2D eigenvalue weighted by atomic mass is 32.1. The minimum absolute atomic E-state index is 0.0722. The molecule has 2 N–H and O–H groups in total. The van der Waals surface area contributed by atoms with Crippen LogP contribution in [0, 0.1) is 0 Å². The van der Waals surface area contributed by atoms with E-state index in [1.807, 2.05) is 35.1 Å². The number of aromatic amines is 1. The van der Waals surface area contributed by atoms with Crippen molar-refractivity contribution >= 4 is 18.5 Å². The predicted molar refractivity (Wildman–Crippen MR) is 124 cm³/mol. The number of benzene rings is 1. The summed E-state index contributed by atoms with van der Waals surface area (Å²) in [5.74, 6) is 1.69. The number of ether oxygens (including phenoxy) is 1. The van der Waals surface area contributed by atoms with Crippen LogP contribution in [-0.2, 0) is 19.4 Å². The van der Waals surface area contributed by atoms with Gasteiger partial charge in [0.05, 0.1) is 25.0 Å². The molecule has 3 aromatic rings. The molecule has 2 heterocycles. The van der Waals surface area contributed by atoms with Crippen LogP contribution in [0.5, 0.6) is 5.75 Å². The first kappa shape index (κ1) is 21.5. The van der Waals surface area contributed by atoms with Gasteiger partial charge < -0.3 is 10.1 Å². The van der Waals surface area contributed by atoms with Crippen molar-refractivity contribution in [1.82, 2.24) is 25.3 Å². The molecule has 0 saturated carbocycles. The fourth-order valence-corrected chi connectivity index (χ4v) is 4.21. The maximum atomic E-state index is 12.7. The first-order valence-corrected chi connectivity index (χ1v) is 11.5. The number of aryl methyl sites for hydroxylation is 1. The van der Waals surface area contributed by atoms with Gasteiger partial charge >= 0.3 is 0 Å². The first-order chi connectivity index (χ1) is 15.2. The van der Waals surface area contributed by atoms with Gasteiger partial charge in [0.15, 0.2) is 0 Å². The van der Waals surface area contributed by atoms with Gasteiger partial charge in [-0.05, 0) is 49.1 Å². The summed E-state index contributed by atoms with van der Waals surface area (Å²) in [5.41, 5.74) is 5.61. The van der Waals surface area contributed by atoms with E-state index in [1.165, 1.54) is 0 Å². The van der Waals surface area contributed by atoms with Crippen LogP contribution < -0.4 is 10.1 Å². The Bertz CT molecular complexity index is 1030. The van der Waals surface area contributed by atoms with E-state index in [1.54, 1.807) is 7.11 Å². The number of hydrogen-bond donors (Lipinski definition) is 3. The molecule has 8 heteroatoms. The Balaban J connectivity index is 1.42. The van der Waals surface area contributed by atoms with Gasteiger partial charge in [0.2, 0.25) is 0 Å². The standard InChI is InChI=1S/C23H29N5O2S/c1-30-17-8-6-16(7-9-17)14-28-15-19-20(27-28)11-10-18-21(19)25-26-22(18)23(29)24-12-4-2-3-5-13-31/h6-9,15,31H,2-5,10-14H2,1H3,(H,24,29)(H,25,26). The second kappa shape index (κ2) is 10.0. The number of rotatable bonds is 10. The van der Waals surface area contributed by atoms with E-state index in [-0.39, 0.29) is 5.91 Å². The summed E-state index contributed by atoms with van der Waals surface area (Å²) in [7, 11) is 1.66. The zero-order chi connectivity index (χ0) is 21.6. The van der Waals surface area contributed by atoms with Gasteiger partial charge in [-0.1, -0.05) is 25.0 Å².